The molecular formula is C18H30N2. The van der Waals surface area contributed by atoms with Gasteiger partial charge >= 0.3 is 0 Å². The molecule has 0 saturated heterocycles. The second kappa shape index (κ2) is 7.12. The van der Waals surface area contributed by atoms with Crippen molar-refractivity contribution in [2.75, 3.05) is 11.9 Å². The van der Waals surface area contributed by atoms with Crippen molar-refractivity contribution in [1.82, 2.24) is 0 Å². The maximum Gasteiger partial charge on any atom is 0.0396 e. The molecular weight excluding hydrogens is 244 g/mol. The first-order chi connectivity index (χ1) is 9.61. The molecule has 2 nitrogen and oxygen atoms in total. The smallest absolute Gasteiger partial charge is 0.0396 e. The van der Waals surface area contributed by atoms with E-state index in [0.29, 0.717) is 0 Å². The lowest BCUT2D eigenvalue weighted by Crippen LogP contribution is -2.33. The van der Waals surface area contributed by atoms with E-state index in [2.05, 4.69) is 44.0 Å². The summed E-state index contributed by atoms with van der Waals surface area (Å²) in [5.41, 5.74) is 10.2. The van der Waals surface area contributed by atoms with Crippen molar-refractivity contribution in [1.29, 1.82) is 0 Å². The van der Waals surface area contributed by atoms with Gasteiger partial charge in [0.1, 0.15) is 0 Å². The minimum absolute atomic E-state index is 0.288. The first kappa shape index (κ1) is 15.4. The first-order valence-corrected chi connectivity index (χ1v) is 8.19. The van der Waals surface area contributed by atoms with E-state index < -0.39 is 0 Å². The van der Waals surface area contributed by atoms with Gasteiger partial charge in [0.25, 0.3) is 0 Å². The first-order valence-electron chi connectivity index (χ1n) is 8.19. The van der Waals surface area contributed by atoms with E-state index in [1.165, 1.54) is 48.9 Å². The van der Waals surface area contributed by atoms with E-state index in [1.54, 1.807) is 0 Å². The van der Waals surface area contributed by atoms with Crippen LogP contribution in [0.5, 0.6) is 0 Å². The fourth-order valence-corrected chi connectivity index (χ4v) is 3.35. The third kappa shape index (κ3) is 3.76. The number of benzene rings is 1. The molecule has 1 unspecified atom stereocenters. The van der Waals surface area contributed by atoms with Gasteiger partial charge in [0.15, 0.2) is 0 Å². The number of nitrogens with two attached hydrogens (primary N) is 1. The van der Waals surface area contributed by atoms with Crippen molar-refractivity contribution >= 4 is 5.69 Å². The number of hydrogen-bond donors (Lipinski definition) is 1. The Morgan fingerprint density at radius 2 is 1.95 bits per heavy atom. The molecule has 2 N–H and O–H groups in total. The van der Waals surface area contributed by atoms with Gasteiger partial charge in [-0.05, 0) is 49.8 Å². The lowest BCUT2D eigenvalue weighted by Gasteiger charge is -2.34. The highest BCUT2D eigenvalue weighted by Gasteiger charge is 2.19. The summed E-state index contributed by atoms with van der Waals surface area (Å²) in [6.45, 7) is 4.39. The summed E-state index contributed by atoms with van der Waals surface area (Å²) in [6, 6.07) is 7.89. The monoisotopic (exact) mass is 274 g/mol. The fraction of sp³-hybridized carbons (Fsp3) is 0.667. The lowest BCUT2D eigenvalue weighted by atomic mass is 9.93. The molecule has 20 heavy (non-hydrogen) atoms. The molecule has 112 valence electrons. The Kier molecular flexibility index (Phi) is 5.47. The predicted octanol–water partition coefficient (Wildman–Crippen LogP) is 4.04. The van der Waals surface area contributed by atoms with Gasteiger partial charge in [0.2, 0.25) is 0 Å². The van der Waals surface area contributed by atoms with Crippen molar-refractivity contribution in [3.63, 3.8) is 0 Å². The zero-order valence-corrected chi connectivity index (χ0v) is 13.4. The van der Waals surface area contributed by atoms with Crippen LogP contribution < -0.4 is 10.6 Å². The summed E-state index contributed by atoms with van der Waals surface area (Å²) < 4.78 is 0. The summed E-state index contributed by atoms with van der Waals surface area (Å²) in [6.07, 6.45) is 8.91. The lowest BCUT2D eigenvalue weighted by molar-refractivity contribution is 0.427. The van der Waals surface area contributed by atoms with Crippen LogP contribution in [0.25, 0.3) is 0 Å². The molecule has 0 heterocycles. The molecule has 0 aromatic heterocycles. The van der Waals surface area contributed by atoms with E-state index in [9.17, 15) is 0 Å². The Morgan fingerprint density at radius 1 is 1.25 bits per heavy atom. The highest BCUT2D eigenvalue weighted by atomic mass is 15.1. The topological polar surface area (TPSA) is 29.3 Å². The van der Waals surface area contributed by atoms with E-state index >= 15 is 0 Å². The summed E-state index contributed by atoms with van der Waals surface area (Å²) in [7, 11) is 2.26. The molecule has 1 atom stereocenters. The van der Waals surface area contributed by atoms with Crippen molar-refractivity contribution in [3.05, 3.63) is 29.3 Å². The molecule has 1 aromatic carbocycles. The Hall–Kier alpha value is -1.02. The third-order valence-electron chi connectivity index (χ3n) is 4.79. The zero-order chi connectivity index (χ0) is 14.5. The minimum atomic E-state index is 0.288. The van der Waals surface area contributed by atoms with Gasteiger partial charge in [0.05, 0.1) is 0 Å². The molecule has 0 radical (unpaired) electrons. The van der Waals surface area contributed by atoms with Crippen molar-refractivity contribution < 1.29 is 0 Å². The van der Waals surface area contributed by atoms with Crippen LogP contribution in [0.15, 0.2) is 18.2 Å². The molecule has 2 heteroatoms. The van der Waals surface area contributed by atoms with Crippen LogP contribution in [0.2, 0.25) is 0 Å². The average Bonchev–Trinajstić information content (AvgIpc) is 2.47. The fourth-order valence-electron chi connectivity index (χ4n) is 3.35. The van der Waals surface area contributed by atoms with Gasteiger partial charge in [-0.3, -0.25) is 0 Å². The maximum atomic E-state index is 6.06. The van der Waals surface area contributed by atoms with Gasteiger partial charge in [-0.15, -0.1) is 0 Å². The molecule has 0 spiro atoms. The largest absolute Gasteiger partial charge is 0.371 e. The summed E-state index contributed by atoms with van der Waals surface area (Å²) in [5, 5.41) is 0. The van der Waals surface area contributed by atoms with Gasteiger partial charge in [-0.25, -0.2) is 0 Å². The Morgan fingerprint density at radius 3 is 2.55 bits per heavy atom. The average molecular weight is 274 g/mol. The third-order valence-corrected chi connectivity index (χ3v) is 4.79. The van der Waals surface area contributed by atoms with Gasteiger partial charge < -0.3 is 10.6 Å². The van der Waals surface area contributed by atoms with Gasteiger partial charge in [0, 0.05) is 24.8 Å². The molecule has 1 saturated carbocycles. The Labute approximate surface area is 124 Å². The molecule has 1 aromatic rings. The van der Waals surface area contributed by atoms with E-state index in [-0.39, 0.29) is 6.04 Å². The number of rotatable bonds is 5. The van der Waals surface area contributed by atoms with Crippen LogP contribution in [0.1, 0.15) is 56.6 Å². The number of aryl methyl sites for hydroxylation is 1. The maximum absolute atomic E-state index is 6.06. The van der Waals surface area contributed by atoms with Crippen LogP contribution in [0.3, 0.4) is 0 Å². The van der Waals surface area contributed by atoms with Crippen LogP contribution in [-0.4, -0.2) is 19.1 Å². The van der Waals surface area contributed by atoms with E-state index in [1.807, 2.05) is 0 Å². The quantitative estimate of drug-likeness (QED) is 0.878. The predicted molar refractivity (Wildman–Crippen MR) is 88.4 cm³/mol. The summed E-state index contributed by atoms with van der Waals surface area (Å²) in [5.74, 6) is 0. The molecule has 0 bridgehead atoms. The highest BCUT2D eigenvalue weighted by molar-refractivity contribution is 5.54. The zero-order valence-electron chi connectivity index (χ0n) is 13.4. The second-order valence-electron chi connectivity index (χ2n) is 6.40. The SMILES string of the molecule is CCC(N)Cc1ccc(N(C)C2CCCCC2)c(C)c1. The Balaban J connectivity index is 2.08. The Bertz CT molecular complexity index is 421. The van der Waals surface area contributed by atoms with Gasteiger partial charge in [-0.1, -0.05) is 38.3 Å². The van der Waals surface area contributed by atoms with Crippen LogP contribution >= 0.6 is 0 Å². The van der Waals surface area contributed by atoms with Crippen molar-refractivity contribution in [3.8, 4) is 0 Å². The van der Waals surface area contributed by atoms with Gasteiger partial charge in [-0.2, -0.15) is 0 Å². The number of anilines is 1. The molecule has 0 aliphatic heterocycles. The second-order valence-corrected chi connectivity index (χ2v) is 6.40. The number of nitrogens with zero attached hydrogens (tertiary/aromatic N) is 1. The van der Waals surface area contributed by atoms with Crippen LogP contribution in [0.4, 0.5) is 5.69 Å². The molecule has 0 amide bonds. The van der Waals surface area contributed by atoms with Crippen molar-refractivity contribution in [2.45, 2.75) is 70.9 Å². The number of hydrogen-bond acceptors (Lipinski definition) is 2. The minimum Gasteiger partial charge on any atom is -0.371 e. The normalized spacial score (nSPS) is 18.0. The molecule has 1 fully saturated rings. The van der Waals surface area contributed by atoms with E-state index in [0.717, 1.165) is 18.9 Å². The molecule has 2 rings (SSSR count). The summed E-state index contributed by atoms with van der Waals surface area (Å²) in [4.78, 5) is 2.50. The van der Waals surface area contributed by atoms with Crippen molar-refractivity contribution in [2.24, 2.45) is 5.73 Å². The van der Waals surface area contributed by atoms with E-state index in [4.69, 9.17) is 5.73 Å². The van der Waals surface area contributed by atoms with Crippen LogP contribution in [-0.2, 0) is 6.42 Å². The molecule has 1 aliphatic carbocycles. The molecule has 1 aliphatic rings. The van der Waals surface area contributed by atoms with Crippen LogP contribution in [0, 0.1) is 6.92 Å². The standard InChI is InChI=1S/C18H30N2/c1-4-16(19)13-15-10-11-18(14(2)12-15)20(3)17-8-6-5-7-9-17/h10-12,16-17H,4-9,13,19H2,1-3H3. The highest BCUT2D eigenvalue weighted by Crippen LogP contribution is 2.28. The summed E-state index contributed by atoms with van der Waals surface area (Å²) >= 11 is 0.